The molecule has 1 aromatic heterocycles. The first-order chi connectivity index (χ1) is 18.9. The average Bonchev–Trinajstić information content (AvgIpc) is 2.86. The largest absolute Gasteiger partial charge is 0.444 e. The van der Waals surface area contributed by atoms with Crippen molar-refractivity contribution in [2.75, 3.05) is 36.6 Å². The second-order valence-corrected chi connectivity index (χ2v) is 10.4. The molecule has 1 unspecified atom stereocenters. The van der Waals surface area contributed by atoms with Gasteiger partial charge < -0.3 is 25.6 Å². The fourth-order valence-corrected chi connectivity index (χ4v) is 3.63. The first-order valence-corrected chi connectivity index (χ1v) is 12.7. The predicted octanol–water partition coefficient (Wildman–Crippen LogP) is 5.63. The molecule has 10 nitrogen and oxygen atoms in total. The summed E-state index contributed by atoms with van der Waals surface area (Å²) in [4.78, 5) is 44.2. The van der Waals surface area contributed by atoms with Crippen LogP contribution in [0, 0.1) is 5.82 Å². The zero-order valence-corrected chi connectivity index (χ0v) is 23.2. The third-order valence-corrected chi connectivity index (χ3v) is 5.47. The lowest BCUT2D eigenvalue weighted by molar-refractivity contribution is 0.0635. The Labute approximate surface area is 233 Å². The highest BCUT2D eigenvalue weighted by Gasteiger charge is 2.20. The molecule has 4 N–H and O–H groups in total. The van der Waals surface area contributed by atoms with Crippen molar-refractivity contribution in [1.29, 1.82) is 0 Å². The number of rotatable bonds is 9. The lowest BCUT2D eigenvalue weighted by atomic mass is 10.1. The van der Waals surface area contributed by atoms with Gasteiger partial charge in [-0.2, -0.15) is 0 Å². The smallest absolute Gasteiger partial charge is 0.412 e. The Hall–Kier alpha value is -4.51. The van der Waals surface area contributed by atoms with E-state index in [0.29, 0.717) is 35.7 Å². The van der Waals surface area contributed by atoms with Crippen LogP contribution in [0.3, 0.4) is 0 Å². The molecule has 212 valence electrons. The molecule has 0 radical (unpaired) electrons. The minimum absolute atomic E-state index is 0.284. The van der Waals surface area contributed by atoms with Crippen molar-refractivity contribution in [3.8, 4) is 0 Å². The number of hydrogen-bond acceptors (Lipinski definition) is 6. The van der Waals surface area contributed by atoms with Crippen LogP contribution in [0.1, 0.15) is 49.3 Å². The van der Waals surface area contributed by atoms with E-state index in [2.05, 4.69) is 26.3 Å². The molecular formula is C29H35FN6O4. The highest BCUT2D eigenvalue weighted by molar-refractivity contribution is 6.06. The van der Waals surface area contributed by atoms with Crippen molar-refractivity contribution in [2.24, 2.45) is 0 Å². The molecule has 1 atom stereocenters. The Bertz CT molecular complexity index is 1320. The van der Waals surface area contributed by atoms with Gasteiger partial charge in [-0.3, -0.25) is 15.1 Å². The standard InChI is InChI=1S/C29H35FN6O4/c1-29(2,3)40-28(39)35-24-12-7-6-11-23(24)33-26(37)19-13-14-22(31-18-19)25(15-16-36(4)5)34-27(38)32-21-10-8-9-20(30)17-21/h6-14,17-18,25H,15-16H2,1-5H3,(H,33,37)(H,35,39)(H2,32,34,38). The normalized spacial score (nSPS) is 11.9. The number of ether oxygens (including phenoxy) is 1. The first kappa shape index (κ1) is 30.0. The SMILES string of the molecule is CN(C)CCC(NC(=O)Nc1cccc(F)c1)c1ccc(C(=O)Nc2ccccc2NC(=O)OC(C)(C)C)cn1. The maximum Gasteiger partial charge on any atom is 0.412 e. The molecule has 1 heterocycles. The molecule has 11 heteroatoms. The van der Waals surface area contributed by atoms with E-state index in [1.165, 1.54) is 24.4 Å². The number of halogens is 1. The van der Waals surface area contributed by atoms with Gasteiger partial charge in [0.15, 0.2) is 0 Å². The van der Waals surface area contributed by atoms with Gasteiger partial charge in [-0.05, 0) is 90.3 Å². The van der Waals surface area contributed by atoms with Crippen LogP contribution in [0.15, 0.2) is 66.9 Å². The van der Waals surface area contributed by atoms with Crippen LogP contribution in [0.25, 0.3) is 0 Å². The van der Waals surface area contributed by atoms with E-state index in [9.17, 15) is 18.8 Å². The fourth-order valence-electron chi connectivity index (χ4n) is 3.63. The van der Waals surface area contributed by atoms with E-state index in [-0.39, 0.29) is 5.56 Å². The minimum Gasteiger partial charge on any atom is -0.444 e. The summed E-state index contributed by atoms with van der Waals surface area (Å²) >= 11 is 0. The molecule has 3 rings (SSSR count). The highest BCUT2D eigenvalue weighted by atomic mass is 19.1. The van der Waals surface area contributed by atoms with Crippen LogP contribution in [0.2, 0.25) is 0 Å². The molecule has 0 bridgehead atoms. The molecule has 0 fully saturated rings. The summed E-state index contributed by atoms with van der Waals surface area (Å²) in [5.74, 6) is -0.889. The number of pyridine rings is 1. The second kappa shape index (κ2) is 13.5. The van der Waals surface area contributed by atoms with Crippen LogP contribution in [-0.4, -0.2) is 54.2 Å². The number of carbonyl (C=O) groups excluding carboxylic acids is 3. The molecule has 0 aliphatic carbocycles. The van der Waals surface area contributed by atoms with Gasteiger partial charge in [-0.15, -0.1) is 0 Å². The molecule has 0 saturated heterocycles. The molecule has 0 aliphatic heterocycles. The van der Waals surface area contributed by atoms with E-state index < -0.39 is 35.5 Å². The number of para-hydroxylation sites is 2. The minimum atomic E-state index is -0.672. The van der Waals surface area contributed by atoms with Crippen molar-refractivity contribution in [3.05, 3.63) is 83.9 Å². The Morgan fingerprint density at radius 1 is 0.950 bits per heavy atom. The topological polar surface area (TPSA) is 125 Å². The fraction of sp³-hybridized carbons (Fsp3) is 0.310. The maximum absolute atomic E-state index is 13.5. The summed E-state index contributed by atoms with van der Waals surface area (Å²) in [5, 5.41) is 10.9. The molecule has 3 aromatic rings. The number of aromatic nitrogens is 1. The summed E-state index contributed by atoms with van der Waals surface area (Å²) in [5.41, 5.74) is 1.26. The summed E-state index contributed by atoms with van der Waals surface area (Å²) in [6, 6.07) is 14.7. The summed E-state index contributed by atoms with van der Waals surface area (Å²) in [7, 11) is 3.83. The molecular weight excluding hydrogens is 515 g/mol. The van der Waals surface area contributed by atoms with Crippen molar-refractivity contribution in [2.45, 2.75) is 38.8 Å². The van der Waals surface area contributed by atoms with Crippen LogP contribution < -0.4 is 21.3 Å². The zero-order valence-electron chi connectivity index (χ0n) is 23.2. The molecule has 0 spiro atoms. The Balaban J connectivity index is 1.70. The number of hydrogen-bond donors (Lipinski definition) is 4. The Morgan fingerprint density at radius 2 is 1.65 bits per heavy atom. The van der Waals surface area contributed by atoms with E-state index in [4.69, 9.17) is 4.74 Å². The Kier molecular flexibility index (Phi) is 10.2. The van der Waals surface area contributed by atoms with Gasteiger partial charge in [0.2, 0.25) is 0 Å². The van der Waals surface area contributed by atoms with Crippen molar-refractivity contribution in [1.82, 2.24) is 15.2 Å². The summed E-state index contributed by atoms with van der Waals surface area (Å²) < 4.78 is 18.8. The van der Waals surface area contributed by atoms with E-state index in [0.717, 1.165) is 0 Å². The second-order valence-electron chi connectivity index (χ2n) is 10.4. The Morgan fingerprint density at radius 3 is 2.25 bits per heavy atom. The number of nitrogens with zero attached hydrogens (tertiary/aromatic N) is 2. The highest BCUT2D eigenvalue weighted by Crippen LogP contribution is 2.23. The van der Waals surface area contributed by atoms with Gasteiger partial charge >= 0.3 is 12.1 Å². The number of nitrogens with one attached hydrogen (secondary N) is 4. The van der Waals surface area contributed by atoms with Gasteiger partial charge in [0.1, 0.15) is 11.4 Å². The zero-order chi connectivity index (χ0) is 29.3. The lowest BCUT2D eigenvalue weighted by Gasteiger charge is -2.21. The van der Waals surface area contributed by atoms with Crippen LogP contribution in [0.5, 0.6) is 0 Å². The van der Waals surface area contributed by atoms with Gasteiger partial charge in [-0.25, -0.2) is 14.0 Å². The average molecular weight is 551 g/mol. The van der Waals surface area contributed by atoms with Crippen molar-refractivity contribution in [3.63, 3.8) is 0 Å². The van der Waals surface area contributed by atoms with E-state index >= 15 is 0 Å². The third-order valence-electron chi connectivity index (χ3n) is 5.47. The third kappa shape index (κ3) is 9.66. The van der Waals surface area contributed by atoms with E-state index in [1.54, 1.807) is 63.2 Å². The van der Waals surface area contributed by atoms with Gasteiger partial charge in [0, 0.05) is 11.9 Å². The molecule has 40 heavy (non-hydrogen) atoms. The van der Waals surface area contributed by atoms with Crippen LogP contribution in [-0.2, 0) is 4.74 Å². The molecule has 2 aromatic carbocycles. The van der Waals surface area contributed by atoms with Gasteiger partial charge in [0.05, 0.1) is 28.7 Å². The van der Waals surface area contributed by atoms with Gasteiger partial charge in [0.25, 0.3) is 5.91 Å². The number of carbonyl (C=O) groups is 3. The monoisotopic (exact) mass is 550 g/mol. The number of amides is 4. The van der Waals surface area contributed by atoms with Crippen molar-refractivity contribution >= 4 is 35.1 Å². The molecule has 4 amide bonds. The predicted molar refractivity (Wildman–Crippen MR) is 153 cm³/mol. The van der Waals surface area contributed by atoms with E-state index in [1.807, 2.05) is 19.0 Å². The van der Waals surface area contributed by atoms with Gasteiger partial charge in [-0.1, -0.05) is 18.2 Å². The quantitative estimate of drug-likeness (QED) is 0.274. The number of benzene rings is 2. The van der Waals surface area contributed by atoms with Crippen LogP contribution in [0.4, 0.5) is 31.0 Å². The van der Waals surface area contributed by atoms with Crippen LogP contribution >= 0.6 is 0 Å². The summed E-state index contributed by atoms with van der Waals surface area (Å²) in [6.45, 7) is 5.94. The number of anilines is 3. The molecule has 0 aliphatic rings. The lowest BCUT2D eigenvalue weighted by Crippen LogP contribution is -2.34. The first-order valence-electron chi connectivity index (χ1n) is 12.7. The molecule has 0 saturated carbocycles. The van der Waals surface area contributed by atoms with Crippen molar-refractivity contribution < 1.29 is 23.5 Å². The maximum atomic E-state index is 13.5. The number of urea groups is 1. The summed E-state index contributed by atoms with van der Waals surface area (Å²) in [6.07, 6.45) is 1.33.